The average molecular weight is 383 g/mol. The first kappa shape index (κ1) is 21.5. The molecule has 2 aromatic rings. The fraction of sp³-hybridized carbons (Fsp3) is 0.391. The molecule has 0 aromatic heterocycles. The summed E-state index contributed by atoms with van der Waals surface area (Å²) in [5.41, 5.74) is 2.92. The first-order valence-electron chi connectivity index (χ1n) is 9.79. The van der Waals surface area contributed by atoms with Crippen molar-refractivity contribution in [2.24, 2.45) is 4.99 Å². The van der Waals surface area contributed by atoms with Gasteiger partial charge in [-0.3, -0.25) is 0 Å². The lowest BCUT2D eigenvalue weighted by Gasteiger charge is -2.16. The van der Waals surface area contributed by atoms with E-state index in [1.54, 1.807) is 7.11 Å². The predicted molar refractivity (Wildman–Crippen MR) is 111 cm³/mol. The van der Waals surface area contributed by atoms with E-state index in [0.29, 0.717) is 18.3 Å². The molecule has 5 nitrogen and oxygen atoms in total. The molecule has 1 heterocycles. The highest BCUT2D eigenvalue weighted by atomic mass is 16.5. The van der Waals surface area contributed by atoms with Crippen LogP contribution in [0.15, 0.2) is 47.5 Å². The number of aldehydes is 1. The van der Waals surface area contributed by atoms with Gasteiger partial charge in [-0.2, -0.15) is 0 Å². The van der Waals surface area contributed by atoms with Gasteiger partial charge in [0.05, 0.1) is 7.11 Å². The summed E-state index contributed by atoms with van der Waals surface area (Å²) < 4.78 is 17.3. The van der Waals surface area contributed by atoms with Crippen LogP contribution in [0.1, 0.15) is 43.9 Å². The third kappa shape index (κ3) is 5.35. The minimum atomic E-state index is -0.435. The number of benzene rings is 2. The van der Waals surface area contributed by atoms with Crippen LogP contribution in [0.2, 0.25) is 0 Å². The number of hydrogen-bond acceptors (Lipinski definition) is 5. The van der Waals surface area contributed by atoms with E-state index in [9.17, 15) is 4.79 Å². The fourth-order valence-electron chi connectivity index (χ4n) is 2.93. The maximum atomic E-state index is 10.9. The monoisotopic (exact) mass is 383 g/mol. The van der Waals surface area contributed by atoms with Gasteiger partial charge in [-0.15, -0.1) is 0 Å². The number of nitrogens with zero attached hydrogens (tertiary/aromatic N) is 1. The van der Waals surface area contributed by atoms with Gasteiger partial charge in [0.2, 0.25) is 5.90 Å². The first-order valence-corrected chi connectivity index (χ1v) is 9.79. The standard InChI is InChI=1S/C21H23NO4.C2H6/c1-3-7-16-10-17(21-22-18(12-23)14-26-21)11-19(20(16)24-2)25-13-15-8-5-4-6-9-15;1-2/h4-6,8-12,18H,3,7,13-14H2,1-2H3;1-2H3/t18-;/m0./s1. The second-order valence-corrected chi connectivity index (χ2v) is 6.14. The van der Waals surface area contributed by atoms with Crippen LogP contribution in [0, 0.1) is 0 Å². The minimum Gasteiger partial charge on any atom is -0.493 e. The van der Waals surface area contributed by atoms with Gasteiger partial charge >= 0.3 is 0 Å². The summed E-state index contributed by atoms with van der Waals surface area (Å²) in [6.45, 7) is 6.84. The number of rotatable bonds is 8. The Bertz CT molecular complexity index is 787. The summed E-state index contributed by atoms with van der Waals surface area (Å²) in [7, 11) is 1.65. The molecule has 0 aliphatic carbocycles. The van der Waals surface area contributed by atoms with Crippen LogP contribution in [0.3, 0.4) is 0 Å². The van der Waals surface area contributed by atoms with Crippen molar-refractivity contribution in [1.82, 2.24) is 0 Å². The molecule has 0 bridgehead atoms. The first-order chi connectivity index (χ1) is 13.7. The molecule has 150 valence electrons. The third-order valence-corrected chi connectivity index (χ3v) is 4.17. The van der Waals surface area contributed by atoms with Crippen LogP contribution in [-0.2, 0) is 22.6 Å². The van der Waals surface area contributed by atoms with Gasteiger partial charge in [0.25, 0.3) is 0 Å². The van der Waals surface area contributed by atoms with E-state index in [-0.39, 0.29) is 6.61 Å². The van der Waals surface area contributed by atoms with Crippen molar-refractivity contribution < 1.29 is 19.0 Å². The Hall–Kier alpha value is -2.82. The molecule has 1 atom stereocenters. The van der Waals surface area contributed by atoms with E-state index in [1.165, 1.54) is 0 Å². The molecule has 0 unspecified atom stereocenters. The summed E-state index contributed by atoms with van der Waals surface area (Å²) in [6.07, 6.45) is 2.63. The summed E-state index contributed by atoms with van der Waals surface area (Å²) in [6, 6.07) is 13.4. The van der Waals surface area contributed by atoms with Gasteiger partial charge in [0.1, 0.15) is 25.5 Å². The molecule has 0 N–H and O–H groups in total. The maximum Gasteiger partial charge on any atom is 0.217 e. The molecule has 0 fully saturated rings. The molecular formula is C23H29NO4. The SMILES string of the molecule is CC.CCCc1cc(C2=N[C@@H](C=O)CO2)cc(OCc2ccccc2)c1OC. The van der Waals surface area contributed by atoms with E-state index in [4.69, 9.17) is 14.2 Å². The number of carbonyl (C=O) groups is 1. The fourth-order valence-corrected chi connectivity index (χ4v) is 2.93. The smallest absolute Gasteiger partial charge is 0.217 e. The predicted octanol–water partition coefficient (Wildman–Crippen LogP) is 4.60. The Morgan fingerprint density at radius 1 is 1.21 bits per heavy atom. The average Bonchev–Trinajstić information content (AvgIpc) is 3.24. The number of hydrogen-bond donors (Lipinski definition) is 0. The molecule has 0 radical (unpaired) electrons. The van der Waals surface area contributed by atoms with Crippen LogP contribution in [-0.4, -0.2) is 31.9 Å². The molecule has 1 aliphatic heterocycles. The maximum absolute atomic E-state index is 10.9. The van der Waals surface area contributed by atoms with E-state index >= 15 is 0 Å². The Balaban J connectivity index is 0.00000136. The molecular weight excluding hydrogens is 354 g/mol. The molecule has 5 heteroatoms. The minimum absolute atomic E-state index is 0.286. The lowest BCUT2D eigenvalue weighted by atomic mass is 10.0. The van der Waals surface area contributed by atoms with Crippen LogP contribution in [0.4, 0.5) is 0 Å². The lowest BCUT2D eigenvalue weighted by molar-refractivity contribution is -0.109. The van der Waals surface area contributed by atoms with Gasteiger partial charge in [0, 0.05) is 5.56 Å². The van der Waals surface area contributed by atoms with Gasteiger partial charge in [-0.25, -0.2) is 4.99 Å². The zero-order valence-corrected chi connectivity index (χ0v) is 17.1. The molecule has 2 aromatic carbocycles. The van der Waals surface area contributed by atoms with Crippen molar-refractivity contribution in [3.63, 3.8) is 0 Å². The second-order valence-electron chi connectivity index (χ2n) is 6.14. The molecule has 0 spiro atoms. The molecule has 28 heavy (non-hydrogen) atoms. The Morgan fingerprint density at radius 2 is 1.96 bits per heavy atom. The molecule has 0 saturated carbocycles. The van der Waals surface area contributed by atoms with Gasteiger partial charge in [-0.05, 0) is 29.7 Å². The zero-order chi connectivity index (χ0) is 20.4. The van der Waals surface area contributed by atoms with Crippen LogP contribution in [0.5, 0.6) is 11.5 Å². The van der Waals surface area contributed by atoms with Gasteiger partial charge < -0.3 is 19.0 Å². The number of aliphatic imine (C=N–C) groups is 1. The van der Waals surface area contributed by atoms with Crippen molar-refractivity contribution in [1.29, 1.82) is 0 Å². The summed E-state index contributed by atoms with van der Waals surface area (Å²) in [5.74, 6) is 1.86. The van der Waals surface area contributed by atoms with E-state index < -0.39 is 6.04 Å². The lowest BCUT2D eigenvalue weighted by Crippen LogP contribution is -2.07. The van der Waals surface area contributed by atoms with E-state index in [1.807, 2.05) is 56.3 Å². The van der Waals surface area contributed by atoms with Crippen LogP contribution >= 0.6 is 0 Å². The number of ether oxygens (including phenoxy) is 3. The van der Waals surface area contributed by atoms with Crippen LogP contribution in [0.25, 0.3) is 0 Å². The summed E-state index contributed by atoms with van der Waals surface area (Å²) in [5, 5.41) is 0. The number of methoxy groups -OCH3 is 1. The third-order valence-electron chi connectivity index (χ3n) is 4.17. The Labute approximate surface area is 167 Å². The highest BCUT2D eigenvalue weighted by molar-refractivity contribution is 5.97. The summed E-state index contributed by atoms with van der Waals surface area (Å²) >= 11 is 0. The molecule has 3 rings (SSSR count). The number of aryl methyl sites for hydroxylation is 1. The van der Waals surface area contributed by atoms with Crippen molar-refractivity contribution in [2.75, 3.05) is 13.7 Å². The van der Waals surface area contributed by atoms with Crippen molar-refractivity contribution in [3.05, 3.63) is 59.2 Å². The van der Waals surface area contributed by atoms with Crippen LogP contribution < -0.4 is 9.47 Å². The van der Waals surface area contributed by atoms with Crippen molar-refractivity contribution in [2.45, 2.75) is 46.3 Å². The highest BCUT2D eigenvalue weighted by Crippen LogP contribution is 2.35. The second kappa shape index (κ2) is 11.1. The topological polar surface area (TPSA) is 57.1 Å². The van der Waals surface area contributed by atoms with E-state index in [0.717, 1.165) is 41.6 Å². The zero-order valence-electron chi connectivity index (χ0n) is 17.1. The largest absolute Gasteiger partial charge is 0.493 e. The quantitative estimate of drug-likeness (QED) is 0.625. The summed E-state index contributed by atoms with van der Waals surface area (Å²) in [4.78, 5) is 15.3. The number of carbonyl (C=O) groups excluding carboxylic acids is 1. The van der Waals surface area contributed by atoms with Gasteiger partial charge in [0.15, 0.2) is 11.5 Å². The van der Waals surface area contributed by atoms with Gasteiger partial charge in [-0.1, -0.05) is 57.5 Å². The Kier molecular flexibility index (Phi) is 8.53. The molecule has 0 amide bonds. The normalized spacial score (nSPS) is 15.0. The highest BCUT2D eigenvalue weighted by Gasteiger charge is 2.22. The molecule has 1 aliphatic rings. The van der Waals surface area contributed by atoms with E-state index in [2.05, 4.69) is 11.9 Å². The molecule has 0 saturated heterocycles. The van der Waals surface area contributed by atoms with Crippen molar-refractivity contribution in [3.8, 4) is 11.5 Å². The Morgan fingerprint density at radius 3 is 2.57 bits per heavy atom. The van der Waals surface area contributed by atoms with Crippen molar-refractivity contribution >= 4 is 12.2 Å².